The van der Waals surface area contributed by atoms with Gasteiger partial charge in [-0.3, -0.25) is 4.55 Å². The van der Waals surface area contributed by atoms with E-state index in [0.717, 1.165) is 18.8 Å². The maximum atomic E-state index is 11.2. The fourth-order valence-electron chi connectivity index (χ4n) is 3.18. The molecule has 0 atom stereocenters. The van der Waals surface area contributed by atoms with Crippen LogP contribution in [0, 0.1) is 5.92 Å². The Balaban J connectivity index is 3.27. The van der Waals surface area contributed by atoms with Gasteiger partial charge in [0, 0.05) is 0 Å². The van der Waals surface area contributed by atoms with E-state index in [0.29, 0.717) is 6.42 Å². The summed E-state index contributed by atoms with van der Waals surface area (Å²) >= 11 is 0. The summed E-state index contributed by atoms with van der Waals surface area (Å²) in [5, 5.41) is 0. The van der Waals surface area contributed by atoms with Crippen LogP contribution in [0.25, 0.3) is 0 Å². The number of hydrogen-bond acceptors (Lipinski definition) is 2. The zero-order valence-electron chi connectivity index (χ0n) is 17.4. The van der Waals surface area contributed by atoms with E-state index in [4.69, 9.17) is 4.55 Å². The van der Waals surface area contributed by atoms with Gasteiger partial charge in [0.15, 0.2) is 0 Å². The second-order valence-corrected chi connectivity index (χ2v) is 10.8. The third-order valence-electron chi connectivity index (χ3n) is 5.26. The minimum absolute atomic E-state index is 0.545. The number of rotatable bonds is 17. The molecule has 0 heterocycles. The molecule has 152 valence electrons. The highest BCUT2D eigenvalue weighted by atomic mass is 32.2. The minimum Gasteiger partial charge on any atom is -0.285 e. The van der Waals surface area contributed by atoms with E-state index in [1.54, 1.807) is 13.8 Å². The highest BCUT2D eigenvalue weighted by Crippen LogP contribution is 2.23. The summed E-state index contributed by atoms with van der Waals surface area (Å²) in [5.74, 6) is 0.856. The minimum atomic E-state index is -3.92. The molecular formula is C21H44O3S. The van der Waals surface area contributed by atoms with Gasteiger partial charge in [0.25, 0.3) is 10.1 Å². The van der Waals surface area contributed by atoms with Gasteiger partial charge in [-0.05, 0) is 26.2 Å². The zero-order valence-corrected chi connectivity index (χ0v) is 18.2. The van der Waals surface area contributed by atoms with Crippen molar-refractivity contribution in [3.63, 3.8) is 0 Å². The number of hydrogen-bond donors (Lipinski definition) is 1. The third kappa shape index (κ3) is 14.7. The van der Waals surface area contributed by atoms with E-state index in [2.05, 4.69) is 13.8 Å². The molecule has 25 heavy (non-hydrogen) atoms. The van der Waals surface area contributed by atoms with Crippen LogP contribution >= 0.6 is 0 Å². The van der Waals surface area contributed by atoms with Gasteiger partial charge in [-0.25, -0.2) is 0 Å². The Kier molecular flexibility index (Phi) is 14.0. The van der Waals surface area contributed by atoms with Crippen LogP contribution in [0.1, 0.15) is 124 Å². The monoisotopic (exact) mass is 376 g/mol. The topological polar surface area (TPSA) is 54.4 Å². The number of unbranched alkanes of at least 4 members (excludes halogenated alkanes) is 12. The second kappa shape index (κ2) is 14.0. The van der Waals surface area contributed by atoms with E-state index in [1.807, 2.05) is 0 Å². The molecule has 0 aliphatic rings. The quantitative estimate of drug-likeness (QED) is 0.216. The highest BCUT2D eigenvalue weighted by molar-refractivity contribution is 7.87. The maximum absolute atomic E-state index is 11.2. The molecule has 0 aromatic carbocycles. The van der Waals surface area contributed by atoms with E-state index in [9.17, 15) is 8.42 Å². The Hall–Kier alpha value is -0.0900. The van der Waals surface area contributed by atoms with Crippen LogP contribution in [0.3, 0.4) is 0 Å². The predicted octanol–water partition coefficient (Wildman–Crippen LogP) is 7.16. The lowest BCUT2D eigenvalue weighted by Crippen LogP contribution is -2.31. The average Bonchev–Trinajstić information content (AvgIpc) is 2.49. The third-order valence-corrected chi connectivity index (χ3v) is 6.86. The van der Waals surface area contributed by atoms with Crippen molar-refractivity contribution in [2.45, 2.75) is 129 Å². The van der Waals surface area contributed by atoms with E-state index < -0.39 is 14.9 Å². The maximum Gasteiger partial charge on any atom is 0.270 e. The van der Waals surface area contributed by atoms with Gasteiger partial charge >= 0.3 is 0 Å². The molecule has 0 aliphatic carbocycles. The summed E-state index contributed by atoms with van der Waals surface area (Å²) in [7, 11) is -3.92. The summed E-state index contributed by atoms with van der Waals surface area (Å²) < 4.78 is 30.5. The molecule has 0 radical (unpaired) electrons. The van der Waals surface area contributed by atoms with Gasteiger partial charge in [-0.1, -0.05) is 104 Å². The predicted molar refractivity (Wildman–Crippen MR) is 110 cm³/mol. The summed E-state index contributed by atoms with van der Waals surface area (Å²) in [6, 6.07) is 0. The fourth-order valence-corrected chi connectivity index (χ4v) is 3.58. The van der Waals surface area contributed by atoms with Gasteiger partial charge in [0.2, 0.25) is 0 Å². The van der Waals surface area contributed by atoms with Crippen LogP contribution in [0.5, 0.6) is 0 Å². The summed E-state index contributed by atoms with van der Waals surface area (Å²) in [4.78, 5) is 0. The van der Waals surface area contributed by atoms with Gasteiger partial charge in [0.05, 0.1) is 4.75 Å². The molecule has 0 rings (SSSR count). The van der Waals surface area contributed by atoms with Crippen molar-refractivity contribution in [1.82, 2.24) is 0 Å². The summed E-state index contributed by atoms with van der Waals surface area (Å²) in [5.41, 5.74) is 0. The van der Waals surface area contributed by atoms with Crippen LogP contribution < -0.4 is 0 Å². The van der Waals surface area contributed by atoms with Crippen LogP contribution in [0.2, 0.25) is 0 Å². The van der Waals surface area contributed by atoms with Crippen LogP contribution in [0.4, 0.5) is 0 Å². The van der Waals surface area contributed by atoms with Gasteiger partial charge in [-0.15, -0.1) is 0 Å². The van der Waals surface area contributed by atoms with Crippen LogP contribution in [0.15, 0.2) is 0 Å². The standard InChI is InChI=1S/C21H44O3S/c1-20(2)18-16-14-12-10-8-6-5-7-9-11-13-15-17-19-21(3,4)25(22,23)24/h20H,5-19H2,1-4H3,(H,22,23,24). The Morgan fingerprint density at radius 3 is 1.32 bits per heavy atom. The molecule has 0 fully saturated rings. The molecule has 4 heteroatoms. The zero-order chi connectivity index (χ0) is 19.2. The molecule has 3 nitrogen and oxygen atoms in total. The van der Waals surface area contributed by atoms with Crippen molar-refractivity contribution in [3.8, 4) is 0 Å². The van der Waals surface area contributed by atoms with Gasteiger partial charge < -0.3 is 0 Å². The van der Waals surface area contributed by atoms with E-state index in [1.165, 1.54) is 77.0 Å². The highest BCUT2D eigenvalue weighted by Gasteiger charge is 2.31. The molecule has 0 aliphatic heterocycles. The first-order valence-corrected chi connectivity index (χ1v) is 12.1. The van der Waals surface area contributed by atoms with Crippen LogP contribution in [-0.4, -0.2) is 17.7 Å². The first kappa shape index (κ1) is 24.9. The first-order valence-electron chi connectivity index (χ1n) is 10.6. The lowest BCUT2D eigenvalue weighted by molar-refractivity contribution is 0.422. The van der Waals surface area contributed by atoms with Crippen molar-refractivity contribution >= 4 is 10.1 Å². The smallest absolute Gasteiger partial charge is 0.270 e. The largest absolute Gasteiger partial charge is 0.285 e. The molecule has 0 amide bonds. The Bertz CT molecular complexity index is 399. The molecule has 0 saturated heterocycles. The molecule has 0 unspecified atom stereocenters. The molecular weight excluding hydrogens is 332 g/mol. The molecule has 0 aromatic heterocycles. The normalized spacial score (nSPS) is 12.9. The Morgan fingerprint density at radius 2 is 1.00 bits per heavy atom. The molecule has 1 N–H and O–H groups in total. The molecule has 0 spiro atoms. The van der Waals surface area contributed by atoms with Gasteiger partial charge in [0.1, 0.15) is 0 Å². The van der Waals surface area contributed by atoms with Crippen molar-refractivity contribution in [2.24, 2.45) is 5.92 Å². The fraction of sp³-hybridized carbons (Fsp3) is 1.00. The molecule has 0 bridgehead atoms. The average molecular weight is 377 g/mol. The Morgan fingerprint density at radius 1 is 0.680 bits per heavy atom. The Labute approximate surface area is 158 Å². The second-order valence-electron chi connectivity index (χ2n) is 8.76. The SMILES string of the molecule is CC(C)CCCCCCCCCCCCCCCC(C)(C)S(=O)(=O)O. The molecule has 0 saturated carbocycles. The van der Waals surface area contributed by atoms with E-state index in [-0.39, 0.29) is 0 Å². The van der Waals surface area contributed by atoms with Crippen molar-refractivity contribution in [1.29, 1.82) is 0 Å². The summed E-state index contributed by atoms with van der Waals surface area (Å²) in [6.45, 7) is 7.82. The molecule has 0 aromatic rings. The van der Waals surface area contributed by atoms with Gasteiger partial charge in [-0.2, -0.15) is 8.42 Å². The van der Waals surface area contributed by atoms with E-state index >= 15 is 0 Å². The lowest BCUT2D eigenvalue weighted by Gasteiger charge is -2.20. The summed E-state index contributed by atoms with van der Waals surface area (Å²) in [6.07, 6.45) is 18.7. The van der Waals surface area contributed by atoms with Crippen molar-refractivity contribution in [3.05, 3.63) is 0 Å². The van der Waals surface area contributed by atoms with Crippen LogP contribution in [-0.2, 0) is 10.1 Å². The first-order chi connectivity index (χ1) is 11.7. The lowest BCUT2D eigenvalue weighted by atomic mass is 10.0. The van der Waals surface area contributed by atoms with Crippen molar-refractivity contribution < 1.29 is 13.0 Å². The van der Waals surface area contributed by atoms with Crippen molar-refractivity contribution in [2.75, 3.05) is 0 Å².